The summed E-state index contributed by atoms with van der Waals surface area (Å²) < 4.78 is 10.8. The molecule has 3 rings (SSSR count). The van der Waals surface area contributed by atoms with Crippen LogP contribution in [-0.4, -0.2) is 47.6 Å². The largest absolute Gasteiger partial charge is 0.497 e. The molecule has 2 aromatic rings. The average molecular weight is 356 g/mol. The molecule has 1 saturated heterocycles. The first-order valence-electron chi connectivity index (χ1n) is 8.27. The van der Waals surface area contributed by atoms with Crippen molar-refractivity contribution in [2.75, 3.05) is 20.8 Å². The third-order valence-corrected chi connectivity index (χ3v) is 4.54. The van der Waals surface area contributed by atoms with Crippen LogP contribution in [-0.2, 0) is 0 Å². The lowest BCUT2D eigenvalue weighted by atomic mass is 10.0. The molecule has 1 amide bonds. The molecule has 0 aliphatic carbocycles. The Morgan fingerprint density at radius 3 is 2.69 bits per heavy atom. The number of aromatic carboxylic acids is 1. The van der Waals surface area contributed by atoms with E-state index in [-0.39, 0.29) is 17.6 Å². The lowest BCUT2D eigenvalue weighted by Crippen LogP contribution is -2.31. The predicted molar refractivity (Wildman–Crippen MR) is 93.8 cm³/mol. The molecule has 0 spiro atoms. The Morgan fingerprint density at radius 1 is 1.19 bits per heavy atom. The third-order valence-electron chi connectivity index (χ3n) is 4.54. The number of carboxylic acids is 1. The van der Waals surface area contributed by atoms with E-state index < -0.39 is 5.97 Å². The van der Waals surface area contributed by atoms with Gasteiger partial charge in [0.1, 0.15) is 17.2 Å². The zero-order chi connectivity index (χ0) is 18.7. The van der Waals surface area contributed by atoms with Gasteiger partial charge in [-0.15, -0.1) is 0 Å². The molecule has 2 heterocycles. The van der Waals surface area contributed by atoms with Crippen LogP contribution in [0.1, 0.15) is 45.3 Å². The van der Waals surface area contributed by atoms with E-state index in [1.165, 1.54) is 18.3 Å². The van der Waals surface area contributed by atoms with E-state index >= 15 is 0 Å². The number of carboxylic acid groups (broad SMARTS) is 1. The number of ether oxygens (including phenoxy) is 2. The molecule has 0 radical (unpaired) electrons. The minimum absolute atomic E-state index is 0.148. The molecule has 1 aromatic heterocycles. The highest BCUT2D eigenvalue weighted by Crippen LogP contribution is 2.39. The quantitative estimate of drug-likeness (QED) is 0.886. The van der Waals surface area contributed by atoms with E-state index in [0.29, 0.717) is 23.6 Å². The van der Waals surface area contributed by atoms with Crippen LogP contribution < -0.4 is 9.47 Å². The zero-order valence-corrected chi connectivity index (χ0v) is 14.6. The van der Waals surface area contributed by atoms with Gasteiger partial charge >= 0.3 is 5.97 Å². The van der Waals surface area contributed by atoms with Crippen molar-refractivity contribution in [3.63, 3.8) is 0 Å². The molecule has 1 unspecified atom stereocenters. The highest BCUT2D eigenvalue weighted by molar-refractivity contribution is 5.97. The van der Waals surface area contributed by atoms with E-state index in [2.05, 4.69) is 4.98 Å². The number of rotatable bonds is 5. The molecule has 26 heavy (non-hydrogen) atoms. The highest BCUT2D eigenvalue weighted by Gasteiger charge is 2.33. The number of pyridine rings is 1. The Hall–Kier alpha value is -3.09. The summed E-state index contributed by atoms with van der Waals surface area (Å²) in [5.74, 6) is 0.00277. The number of nitrogens with zero attached hydrogens (tertiary/aromatic N) is 2. The van der Waals surface area contributed by atoms with E-state index in [4.69, 9.17) is 14.6 Å². The maximum Gasteiger partial charge on any atom is 0.354 e. The summed E-state index contributed by atoms with van der Waals surface area (Å²) in [6.45, 7) is 0.592. The lowest BCUT2D eigenvalue weighted by molar-refractivity contribution is 0.0690. The van der Waals surface area contributed by atoms with Crippen LogP contribution in [0.5, 0.6) is 11.5 Å². The monoisotopic (exact) mass is 356 g/mol. The Labute approximate surface area is 151 Å². The number of hydrogen-bond acceptors (Lipinski definition) is 5. The summed E-state index contributed by atoms with van der Waals surface area (Å²) in [6.07, 6.45) is 2.99. The van der Waals surface area contributed by atoms with Crippen molar-refractivity contribution in [2.45, 2.75) is 18.9 Å². The summed E-state index contributed by atoms with van der Waals surface area (Å²) in [7, 11) is 3.18. The van der Waals surface area contributed by atoms with Gasteiger partial charge < -0.3 is 19.5 Å². The van der Waals surface area contributed by atoms with Gasteiger partial charge in [-0.2, -0.15) is 0 Å². The molecule has 1 aromatic carbocycles. The zero-order valence-electron chi connectivity index (χ0n) is 14.6. The van der Waals surface area contributed by atoms with Crippen LogP contribution in [0.3, 0.4) is 0 Å². The van der Waals surface area contributed by atoms with Crippen molar-refractivity contribution in [2.24, 2.45) is 0 Å². The van der Waals surface area contributed by atoms with E-state index in [1.54, 1.807) is 19.1 Å². The molecular formula is C19H20N2O5. The van der Waals surface area contributed by atoms with Crippen molar-refractivity contribution < 1.29 is 24.2 Å². The number of benzene rings is 1. The summed E-state index contributed by atoms with van der Waals surface area (Å²) >= 11 is 0. The van der Waals surface area contributed by atoms with Crippen molar-refractivity contribution in [1.29, 1.82) is 0 Å². The van der Waals surface area contributed by atoms with Crippen molar-refractivity contribution in [3.8, 4) is 11.5 Å². The molecule has 1 fully saturated rings. The van der Waals surface area contributed by atoms with Crippen LogP contribution in [0, 0.1) is 0 Å². The number of aromatic nitrogens is 1. The molecule has 1 aliphatic rings. The first kappa shape index (κ1) is 17.7. The summed E-state index contributed by atoms with van der Waals surface area (Å²) in [6, 6.07) is 8.20. The van der Waals surface area contributed by atoms with Gasteiger partial charge in [0.05, 0.1) is 20.3 Å². The molecule has 1 atom stereocenters. The maximum absolute atomic E-state index is 13.0. The third kappa shape index (κ3) is 3.33. The Bertz CT molecular complexity index is 836. The standard InChI is InChI=1S/C19H20N2O5/c1-25-13-5-6-17(26-2)14(11-13)16-4-3-9-21(16)18(22)12-7-8-20-15(10-12)19(23)24/h5-8,10-11,16H,3-4,9H2,1-2H3,(H,23,24). The smallest absolute Gasteiger partial charge is 0.354 e. The Morgan fingerprint density at radius 2 is 2.00 bits per heavy atom. The van der Waals surface area contributed by atoms with Gasteiger partial charge in [-0.1, -0.05) is 0 Å². The first-order valence-corrected chi connectivity index (χ1v) is 8.27. The van der Waals surface area contributed by atoms with E-state index in [0.717, 1.165) is 18.4 Å². The van der Waals surface area contributed by atoms with Crippen LogP contribution in [0.15, 0.2) is 36.5 Å². The molecule has 7 heteroatoms. The topological polar surface area (TPSA) is 89.0 Å². The van der Waals surface area contributed by atoms with E-state index in [1.807, 2.05) is 18.2 Å². The molecule has 136 valence electrons. The summed E-state index contributed by atoms with van der Waals surface area (Å²) in [4.78, 5) is 29.6. The van der Waals surface area contributed by atoms with Gasteiger partial charge in [0, 0.05) is 23.9 Å². The van der Waals surface area contributed by atoms with Crippen molar-refractivity contribution in [3.05, 3.63) is 53.3 Å². The molecule has 0 bridgehead atoms. The molecule has 0 saturated carbocycles. The SMILES string of the molecule is COc1ccc(OC)c(C2CCCN2C(=O)c2ccnc(C(=O)O)c2)c1. The van der Waals surface area contributed by atoms with Crippen molar-refractivity contribution in [1.82, 2.24) is 9.88 Å². The van der Waals surface area contributed by atoms with Crippen LogP contribution in [0.4, 0.5) is 0 Å². The molecule has 7 nitrogen and oxygen atoms in total. The van der Waals surface area contributed by atoms with Crippen molar-refractivity contribution >= 4 is 11.9 Å². The number of likely N-dealkylation sites (tertiary alicyclic amines) is 1. The van der Waals surface area contributed by atoms with Gasteiger partial charge in [0.2, 0.25) is 0 Å². The van der Waals surface area contributed by atoms with Crippen LogP contribution >= 0.6 is 0 Å². The van der Waals surface area contributed by atoms with Gasteiger partial charge in [-0.05, 0) is 43.2 Å². The Kier molecular flexibility index (Phi) is 5.06. The Balaban J connectivity index is 1.95. The average Bonchev–Trinajstić information content (AvgIpc) is 3.16. The second-order valence-corrected chi connectivity index (χ2v) is 6.00. The summed E-state index contributed by atoms with van der Waals surface area (Å²) in [5, 5.41) is 9.09. The van der Waals surface area contributed by atoms with Gasteiger partial charge in [0.15, 0.2) is 0 Å². The first-order chi connectivity index (χ1) is 12.5. The molecular weight excluding hydrogens is 336 g/mol. The minimum atomic E-state index is -1.16. The normalized spacial score (nSPS) is 16.4. The van der Waals surface area contributed by atoms with E-state index in [9.17, 15) is 9.59 Å². The number of amides is 1. The number of hydrogen-bond donors (Lipinski definition) is 1. The predicted octanol–water partition coefficient (Wildman–Crippen LogP) is 2.77. The molecule has 1 N–H and O–H groups in total. The van der Waals surface area contributed by atoms with Gasteiger partial charge in [-0.25, -0.2) is 9.78 Å². The van der Waals surface area contributed by atoms with Gasteiger partial charge in [0.25, 0.3) is 5.91 Å². The number of carbonyl (C=O) groups excluding carboxylic acids is 1. The van der Waals surface area contributed by atoms with Gasteiger partial charge in [-0.3, -0.25) is 4.79 Å². The lowest BCUT2D eigenvalue weighted by Gasteiger charge is -2.27. The fourth-order valence-electron chi connectivity index (χ4n) is 3.28. The van der Waals surface area contributed by atoms with Crippen LogP contribution in [0.25, 0.3) is 0 Å². The highest BCUT2D eigenvalue weighted by atomic mass is 16.5. The van der Waals surface area contributed by atoms with Crippen LogP contribution in [0.2, 0.25) is 0 Å². The summed E-state index contributed by atoms with van der Waals surface area (Å²) in [5.41, 5.74) is 1.04. The maximum atomic E-state index is 13.0. The fraction of sp³-hybridized carbons (Fsp3) is 0.316. The minimum Gasteiger partial charge on any atom is -0.497 e. The molecule has 1 aliphatic heterocycles. The fourth-order valence-corrected chi connectivity index (χ4v) is 3.28. The second-order valence-electron chi connectivity index (χ2n) is 6.00. The number of carbonyl (C=O) groups is 2. The number of methoxy groups -OCH3 is 2. The second kappa shape index (κ2) is 7.43.